The fraction of sp³-hybridized carbons (Fsp3) is 0.188. The molecule has 21 heavy (non-hydrogen) atoms. The Bertz CT molecular complexity index is 757. The van der Waals surface area contributed by atoms with E-state index in [1.54, 1.807) is 24.3 Å². The van der Waals surface area contributed by atoms with E-state index in [1.165, 1.54) is 11.3 Å². The van der Waals surface area contributed by atoms with E-state index in [0.29, 0.717) is 35.4 Å². The Labute approximate surface area is 126 Å². The van der Waals surface area contributed by atoms with E-state index in [1.807, 2.05) is 6.07 Å². The van der Waals surface area contributed by atoms with E-state index in [2.05, 4.69) is 11.4 Å². The number of anilines is 1. The molecule has 0 spiro atoms. The molecule has 2 aromatic rings. The Balaban J connectivity index is 1.91. The van der Waals surface area contributed by atoms with Crippen molar-refractivity contribution in [1.82, 2.24) is 0 Å². The summed E-state index contributed by atoms with van der Waals surface area (Å²) in [4.78, 5) is 24.6. The molecule has 1 aliphatic rings. The van der Waals surface area contributed by atoms with Crippen LogP contribution in [0.4, 0.5) is 5.00 Å². The Morgan fingerprint density at radius 1 is 1.24 bits per heavy atom. The van der Waals surface area contributed by atoms with Crippen molar-refractivity contribution in [2.45, 2.75) is 19.3 Å². The number of thiophene rings is 1. The molecule has 0 saturated heterocycles. The zero-order valence-electron chi connectivity index (χ0n) is 11.2. The maximum absolute atomic E-state index is 12.2. The van der Waals surface area contributed by atoms with E-state index < -0.39 is 0 Å². The van der Waals surface area contributed by atoms with E-state index in [0.717, 1.165) is 10.4 Å². The van der Waals surface area contributed by atoms with Gasteiger partial charge in [-0.15, -0.1) is 11.3 Å². The smallest absolute Gasteiger partial charge is 0.256 e. The summed E-state index contributed by atoms with van der Waals surface area (Å²) in [5, 5.41) is 12.7. The first-order valence-electron chi connectivity index (χ1n) is 6.62. The van der Waals surface area contributed by atoms with Crippen LogP contribution in [0.1, 0.15) is 32.8 Å². The zero-order chi connectivity index (χ0) is 14.8. The van der Waals surface area contributed by atoms with Crippen molar-refractivity contribution >= 4 is 28.0 Å². The largest absolute Gasteiger partial charge is 0.312 e. The third kappa shape index (κ3) is 2.58. The van der Waals surface area contributed by atoms with Gasteiger partial charge in [-0.2, -0.15) is 5.26 Å². The summed E-state index contributed by atoms with van der Waals surface area (Å²) in [6.07, 6.45) is 1.44. The third-order valence-electron chi connectivity index (χ3n) is 3.48. The van der Waals surface area contributed by atoms with E-state index in [-0.39, 0.29) is 11.7 Å². The number of amides is 1. The number of rotatable bonds is 2. The number of nitrogens with one attached hydrogen (secondary N) is 1. The molecule has 1 aromatic carbocycles. The van der Waals surface area contributed by atoms with Gasteiger partial charge in [-0.05, 0) is 24.1 Å². The zero-order valence-corrected chi connectivity index (χ0v) is 12.0. The number of nitriles is 1. The van der Waals surface area contributed by atoms with Gasteiger partial charge in [0.1, 0.15) is 16.9 Å². The standard InChI is InChI=1S/C16H12N2O2S/c17-9-13-12-7-6-11(19)8-14(12)21-16(13)18-15(20)10-4-2-1-3-5-10/h1-5H,6-8H2,(H,18,20). The first kappa shape index (κ1) is 13.5. The van der Waals surface area contributed by atoms with Crippen LogP contribution < -0.4 is 5.32 Å². The van der Waals surface area contributed by atoms with Crippen LogP contribution >= 0.6 is 11.3 Å². The maximum Gasteiger partial charge on any atom is 0.256 e. The van der Waals surface area contributed by atoms with Crippen molar-refractivity contribution in [3.63, 3.8) is 0 Å². The molecule has 5 heteroatoms. The Morgan fingerprint density at radius 3 is 2.71 bits per heavy atom. The van der Waals surface area contributed by atoms with Crippen LogP contribution in [0, 0.1) is 11.3 Å². The number of nitrogens with zero attached hydrogens (tertiary/aromatic N) is 1. The molecule has 0 fully saturated rings. The molecule has 1 aromatic heterocycles. The van der Waals surface area contributed by atoms with Crippen molar-refractivity contribution in [1.29, 1.82) is 5.26 Å². The molecule has 1 aliphatic carbocycles. The van der Waals surface area contributed by atoms with Gasteiger partial charge in [0.25, 0.3) is 5.91 Å². The fourth-order valence-electron chi connectivity index (χ4n) is 2.42. The number of benzene rings is 1. The van der Waals surface area contributed by atoms with Crippen molar-refractivity contribution in [2.24, 2.45) is 0 Å². The van der Waals surface area contributed by atoms with Crippen molar-refractivity contribution in [3.8, 4) is 6.07 Å². The van der Waals surface area contributed by atoms with Gasteiger partial charge in [0, 0.05) is 23.3 Å². The summed E-state index contributed by atoms with van der Waals surface area (Å²) >= 11 is 1.34. The van der Waals surface area contributed by atoms with E-state index >= 15 is 0 Å². The van der Waals surface area contributed by atoms with Crippen LogP contribution in [-0.4, -0.2) is 11.7 Å². The number of Topliss-reactive ketones (excluding diaryl/α,β-unsaturated/α-hetero) is 1. The highest BCUT2D eigenvalue weighted by molar-refractivity contribution is 7.16. The molecule has 4 nitrogen and oxygen atoms in total. The molecule has 0 saturated carbocycles. The predicted molar refractivity (Wildman–Crippen MR) is 80.5 cm³/mol. The monoisotopic (exact) mass is 296 g/mol. The van der Waals surface area contributed by atoms with Gasteiger partial charge in [-0.1, -0.05) is 18.2 Å². The van der Waals surface area contributed by atoms with E-state index in [4.69, 9.17) is 0 Å². The number of hydrogen-bond donors (Lipinski definition) is 1. The lowest BCUT2D eigenvalue weighted by atomic mass is 9.95. The normalized spacial score (nSPS) is 13.4. The second-order valence-electron chi connectivity index (χ2n) is 4.86. The highest BCUT2D eigenvalue weighted by Gasteiger charge is 2.25. The van der Waals surface area contributed by atoms with Gasteiger partial charge >= 0.3 is 0 Å². The molecular formula is C16H12N2O2S. The molecule has 1 N–H and O–H groups in total. The van der Waals surface area contributed by atoms with Gasteiger partial charge in [0.05, 0.1) is 5.56 Å². The number of carbonyl (C=O) groups excluding carboxylic acids is 2. The van der Waals surface area contributed by atoms with Crippen LogP contribution in [0.3, 0.4) is 0 Å². The minimum Gasteiger partial charge on any atom is -0.312 e. The summed E-state index contributed by atoms with van der Waals surface area (Å²) in [5.74, 6) is -0.0498. The summed E-state index contributed by atoms with van der Waals surface area (Å²) in [5.41, 5.74) is 1.97. The van der Waals surface area contributed by atoms with E-state index in [9.17, 15) is 14.9 Å². The molecule has 0 unspecified atom stereocenters. The van der Waals surface area contributed by atoms with Crippen molar-refractivity contribution in [2.75, 3.05) is 5.32 Å². The summed E-state index contributed by atoms with van der Waals surface area (Å²) in [7, 11) is 0. The summed E-state index contributed by atoms with van der Waals surface area (Å²) in [6.45, 7) is 0. The summed E-state index contributed by atoms with van der Waals surface area (Å²) in [6, 6.07) is 11.0. The average molecular weight is 296 g/mol. The first-order valence-corrected chi connectivity index (χ1v) is 7.43. The SMILES string of the molecule is N#Cc1c(NC(=O)c2ccccc2)sc2c1CCC(=O)C2. The first-order chi connectivity index (χ1) is 10.2. The van der Waals surface area contributed by atoms with Crippen LogP contribution in [0.2, 0.25) is 0 Å². The Morgan fingerprint density at radius 2 is 2.00 bits per heavy atom. The Kier molecular flexibility index (Phi) is 3.55. The molecule has 0 atom stereocenters. The van der Waals surface area contributed by atoms with Crippen LogP contribution in [0.5, 0.6) is 0 Å². The number of ketones is 1. The van der Waals surface area contributed by atoms with Crippen LogP contribution in [0.25, 0.3) is 0 Å². The summed E-state index contributed by atoms with van der Waals surface area (Å²) < 4.78 is 0. The molecule has 0 bridgehead atoms. The molecule has 0 aliphatic heterocycles. The quantitative estimate of drug-likeness (QED) is 0.926. The van der Waals surface area contributed by atoms with Gasteiger partial charge in [-0.3, -0.25) is 9.59 Å². The van der Waals surface area contributed by atoms with Crippen molar-refractivity contribution in [3.05, 3.63) is 51.9 Å². The van der Waals surface area contributed by atoms with Crippen LogP contribution in [0.15, 0.2) is 30.3 Å². The third-order valence-corrected chi connectivity index (χ3v) is 4.62. The molecule has 0 radical (unpaired) electrons. The minimum absolute atomic E-state index is 0.189. The lowest BCUT2D eigenvalue weighted by Crippen LogP contribution is -2.12. The average Bonchev–Trinajstić information content (AvgIpc) is 2.84. The van der Waals surface area contributed by atoms with Crippen molar-refractivity contribution < 1.29 is 9.59 Å². The molecule has 3 rings (SSSR count). The lowest BCUT2D eigenvalue weighted by Gasteiger charge is -2.09. The predicted octanol–water partition coefficient (Wildman–Crippen LogP) is 2.93. The van der Waals surface area contributed by atoms with Gasteiger partial charge < -0.3 is 5.32 Å². The number of hydrogen-bond acceptors (Lipinski definition) is 4. The second kappa shape index (κ2) is 5.51. The van der Waals surface area contributed by atoms with Gasteiger partial charge in [0.2, 0.25) is 0 Å². The molecule has 104 valence electrons. The highest BCUT2D eigenvalue weighted by Crippen LogP contribution is 2.37. The molecular weight excluding hydrogens is 284 g/mol. The number of carbonyl (C=O) groups is 2. The van der Waals surface area contributed by atoms with Crippen LogP contribution in [-0.2, 0) is 17.6 Å². The topological polar surface area (TPSA) is 70.0 Å². The Hall–Kier alpha value is -2.45. The lowest BCUT2D eigenvalue weighted by molar-refractivity contribution is -0.118. The second-order valence-corrected chi connectivity index (χ2v) is 5.96. The maximum atomic E-state index is 12.2. The van der Waals surface area contributed by atoms with Gasteiger partial charge in [0.15, 0.2) is 0 Å². The number of fused-ring (bicyclic) bond motifs is 1. The molecule has 1 amide bonds. The fourth-order valence-corrected chi connectivity index (χ4v) is 3.64. The minimum atomic E-state index is -0.239. The highest BCUT2D eigenvalue weighted by atomic mass is 32.1. The molecule has 1 heterocycles. The van der Waals surface area contributed by atoms with Gasteiger partial charge in [-0.25, -0.2) is 0 Å².